The van der Waals surface area contributed by atoms with E-state index in [9.17, 15) is 14.4 Å². The molecule has 8 heteroatoms. The minimum Gasteiger partial charge on any atom is -0.467 e. The van der Waals surface area contributed by atoms with Gasteiger partial charge in [0.2, 0.25) is 0 Å². The summed E-state index contributed by atoms with van der Waals surface area (Å²) in [4.78, 5) is 38.5. The van der Waals surface area contributed by atoms with Crippen LogP contribution in [-0.4, -0.2) is 22.6 Å². The highest BCUT2D eigenvalue weighted by Crippen LogP contribution is 2.24. The molecule has 32 heavy (non-hydrogen) atoms. The number of nitrogens with zero attached hydrogens (tertiary/aromatic N) is 1. The second kappa shape index (κ2) is 9.53. The van der Waals surface area contributed by atoms with E-state index in [-0.39, 0.29) is 29.7 Å². The summed E-state index contributed by atoms with van der Waals surface area (Å²) < 4.78 is 5.19. The highest BCUT2D eigenvalue weighted by molar-refractivity contribution is 6.47. The predicted octanol–water partition coefficient (Wildman–Crippen LogP) is 3.32. The Hall–Kier alpha value is -3.84. The second-order valence-corrected chi connectivity index (χ2v) is 7.56. The fourth-order valence-electron chi connectivity index (χ4n) is 3.26. The van der Waals surface area contributed by atoms with Crippen LogP contribution in [0.3, 0.4) is 0 Å². The summed E-state index contributed by atoms with van der Waals surface area (Å²) in [5, 5.41) is 5.61. The average molecular weight is 450 g/mol. The van der Waals surface area contributed by atoms with Crippen molar-refractivity contribution in [2.45, 2.75) is 19.6 Å². The molecule has 3 amide bonds. The van der Waals surface area contributed by atoms with Gasteiger partial charge in [0, 0.05) is 12.1 Å². The van der Waals surface area contributed by atoms with Crippen LogP contribution in [0.15, 0.2) is 88.1 Å². The number of carbonyl (C=O) groups excluding carboxylic acids is 3. The molecule has 0 spiro atoms. The molecule has 2 N–H and O–H groups in total. The first-order chi connectivity index (χ1) is 15.5. The van der Waals surface area contributed by atoms with E-state index in [1.807, 2.05) is 30.3 Å². The summed E-state index contributed by atoms with van der Waals surface area (Å²) in [5.74, 6) is -0.537. The molecule has 1 aromatic heterocycles. The number of rotatable bonds is 8. The van der Waals surface area contributed by atoms with Gasteiger partial charge in [0.05, 0.1) is 19.4 Å². The predicted molar refractivity (Wildman–Crippen MR) is 118 cm³/mol. The molecule has 1 aliphatic heterocycles. The van der Waals surface area contributed by atoms with Crippen LogP contribution >= 0.6 is 11.6 Å². The lowest BCUT2D eigenvalue weighted by molar-refractivity contribution is -0.138. The van der Waals surface area contributed by atoms with Gasteiger partial charge in [-0.25, -0.2) is 0 Å². The minimum absolute atomic E-state index is 0.0767. The quantitative estimate of drug-likeness (QED) is 0.515. The van der Waals surface area contributed by atoms with Crippen LogP contribution in [0.4, 0.5) is 0 Å². The first-order valence-corrected chi connectivity index (χ1v) is 10.3. The zero-order chi connectivity index (χ0) is 22.5. The molecule has 0 radical (unpaired) electrons. The Balaban J connectivity index is 1.34. The number of furan rings is 1. The van der Waals surface area contributed by atoms with Gasteiger partial charge >= 0.3 is 0 Å². The van der Waals surface area contributed by atoms with Gasteiger partial charge in [-0.2, -0.15) is 0 Å². The first kappa shape index (κ1) is 21.4. The third kappa shape index (κ3) is 4.73. The Morgan fingerprint density at radius 2 is 1.62 bits per heavy atom. The van der Waals surface area contributed by atoms with Crippen LogP contribution in [0.2, 0.25) is 0 Å². The van der Waals surface area contributed by atoms with Crippen molar-refractivity contribution in [3.05, 3.63) is 106 Å². The lowest BCUT2D eigenvalue weighted by atomic mass is 10.1. The summed E-state index contributed by atoms with van der Waals surface area (Å²) >= 11 is 6.14. The maximum absolute atomic E-state index is 12.7. The molecule has 1 aliphatic rings. The topological polar surface area (TPSA) is 91.7 Å². The molecule has 3 aromatic rings. The second-order valence-electron chi connectivity index (χ2n) is 7.18. The van der Waals surface area contributed by atoms with Crippen LogP contribution in [0.1, 0.15) is 27.2 Å². The normalized spacial score (nSPS) is 13.6. The number of hydrogen-bond donors (Lipinski definition) is 2. The van der Waals surface area contributed by atoms with E-state index in [2.05, 4.69) is 10.6 Å². The van der Waals surface area contributed by atoms with Gasteiger partial charge in [-0.1, -0.05) is 54.1 Å². The smallest absolute Gasteiger partial charge is 0.278 e. The maximum atomic E-state index is 12.7. The lowest BCUT2D eigenvalue weighted by Crippen LogP contribution is -2.33. The van der Waals surface area contributed by atoms with Crippen molar-refractivity contribution in [3.63, 3.8) is 0 Å². The van der Waals surface area contributed by atoms with Crippen molar-refractivity contribution in [1.82, 2.24) is 15.5 Å². The lowest BCUT2D eigenvalue weighted by Gasteiger charge is -2.15. The largest absolute Gasteiger partial charge is 0.467 e. The number of carbonyl (C=O) groups is 3. The fraction of sp³-hybridized carbons (Fsp3) is 0.125. The Bertz CT molecular complexity index is 1160. The van der Waals surface area contributed by atoms with Gasteiger partial charge in [-0.3, -0.25) is 19.3 Å². The van der Waals surface area contributed by atoms with Crippen molar-refractivity contribution < 1.29 is 18.8 Å². The van der Waals surface area contributed by atoms with Crippen molar-refractivity contribution in [1.29, 1.82) is 0 Å². The highest BCUT2D eigenvalue weighted by atomic mass is 35.5. The molecule has 0 unspecified atom stereocenters. The van der Waals surface area contributed by atoms with E-state index in [1.165, 1.54) is 0 Å². The van der Waals surface area contributed by atoms with Crippen molar-refractivity contribution >= 4 is 29.3 Å². The molecule has 0 saturated carbocycles. The van der Waals surface area contributed by atoms with Gasteiger partial charge in [-0.05, 0) is 35.4 Å². The van der Waals surface area contributed by atoms with Crippen LogP contribution in [0.5, 0.6) is 0 Å². The highest BCUT2D eigenvalue weighted by Gasteiger charge is 2.37. The standard InChI is InChI=1S/C24H20ClN3O4/c25-20-21(24(31)28(23(20)30)15-17-5-2-1-3-6-17)26-13-16-8-10-18(11-9-16)22(29)27-14-19-7-4-12-32-19/h1-12,26H,13-15H2,(H,27,29). The van der Waals surface area contributed by atoms with Crippen LogP contribution < -0.4 is 10.6 Å². The Morgan fingerprint density at radius 1 is 0.875 bits per heavy atom. The van der Waals surface area contributed by atoms with Gasteiger partial charge in [0.15, 0.2) is 0 Å². The zero-order valence-electron chi connectivity index (χ0n) is 17.0. The van der Waals surface area contributed by atoms with E-state index in [0.717, 1.165) is 16.0 Å². The summed E-state index contributed by atoms with van der Waals surface area (Å²) in [7, 11) is 0. The zero-order valence-corrected chi connectivity index (χ0v) is 17.8. The van der Waals surface area contributed by atoms with Gasteiger partial charge in [-0.15, -0.1) is 0 Å². The SMILES string of the molecule is O=C(NCc1ccco1)c1ccc(CNC2=C(Cl)C(=O)N(Cc3ccccc3)C2=O)cc1. The number of benzene rings is 2. The van der Waals surface area contributed by atoms with Gasteiger partial charge in [0.25, 0.3) is 17.7 Å². The van der Waals surface area contributed by atoms with Crippen LogP contribution in [-0.2, 0) is 29.2 Å². The number of amides is 3. The van der Waals surface area contributed by atoms with Crippen LogP contribution in [0.25, 0.3) is 0 Å². The molecule has 0 fully saturated rings. The molecule has 162 valence electrons. The van der Waals surface area contributed by atoms with E-state index in [4.69, 9.17) is 16.0 Å². The fourth-order valence-corrected chi connectivity index (χ4v) is 3.51. The third-order valence-corrected chi connectivity index (χ3v) is 5.33. The van der Waals surface area contributed by atoms with E-state index < -0.39 is 11.8 Å². The molecule has 0 atom stereocenters. The molecule has 2 heterocycles. The van der Waals surface area contributed by atoms with Crippen molar-refractivity contribution in [2.75, 3.05) is 0 Å². The van der Waals surface area contributed by atoms with E-state index >= 15 is 0 Å². The van der Waals surface area contributed by atoms with Crippen molar-refractivity contribution in [2.24, 2.45) is 0 Å². The number of hydrogen-bond acceptors (Lipinski definition) is 5. The summed E-state index contributed by atoms with van der Waals surface area (Å²) in [6.07, 6.45) is 1.55. The monoisotopic (exact) mass is 449 g/mol. The van der Waals surface area contributed by atoms with Gasteiger partial charge < -0.3 is 15.1 Å². The molecular weight excluding hydrogens is 430 g/mol. The van der Waals surface area contributed by atoms with Crippen molar-refractivity contribution in [3.8, 4) is 0 Å². The third-order valence-electron chi connectivity index (χ3n) is 4.98. The Kier molecular flexibility index (Phi) is 6.37. The number of nitrogens with one attached hydrogen (secondary N) is 2. The Labute approximate surface area is 189 Å². The Morgan fingerprint density at radius 3 is 2.31 bits per heavy atom. The molecule has 0 bridgehead atoms. The molecule has 4 rings (SSSR count). The number of imide groups is 1. The first-order valence-electron chi connectivity index (χ1n) is 9.96. The molecule has 2 aromatic carbocycles. The molecule has 0 saturated heterocycles. The van der Waals surface area contributed by atoms with Gasteiger partial charge in [0.1, 0.15) is 16.5 Å². The van der Waals surface area contributed by atoms with E-state index in [1.54, 1.807) is 42.7 Å². The summed E-state index contributed by atoms with van der Waals surface area (Å²) in [5.41, 5.74) is 2.23. The minimum atomic E-state index is -0.522. The van der Waals surface area contributed by atoms with Crippen LogP contribution in [0, 0.1) is 0 Å². The summed E-state index contributed by atoms with van der Waals surface area (Å²) in [6.45, 7) is 0.733. The van der Waals surface area contributed by atoms with E-state index in [0.29, 0.717) is 17.9 Å². The summed E-state index contributed by atoms with van der Waals surface area (Å²) in [6, 6.07) is 19.7. The maximum Gasteiger partial charge on any atom is 0.278 e. The average Bonchev–Trinajstić information content (AvgIpc) is 3.41. The molecular formula is C24H20ClN3O4. The molecule has 0 aliphatic carbocycles. The number of halogens is 1. The molecule has 7 nitrogen and oxygen atoms in total.